The molecule has 0 saturated carbocycles. The van der Waals surface area contributed by atoms with Crippen LogP contribution in [0.1, 0.15) is 36.0 Å². The second kappa shape index (κ2) is 6.29. The topological polar surface area (TPSA) is 63.7 Å². The molecule has 118 valence electrons. The molecule has 0 aliphatic carbocycles. The van der Waals surface area contributed by atoms with Gasteiger partial charge in [0.05, 0.1) is 7.11 Å². The molecule has 0 aliphatic rings. The van der Waals surface area contributed by atoms with Gasteiger partial charge in [0.25, 0.3) is 0 Å². The molecule has 5 nitrogen and oxygen atoms in total. The highest BCUT2D eigenvalue weighted by atomic mass is 32.2. The molecule has 7 heteroatoms. The van der Waals surface area contributed by atoms with E-state index in [9.17, 15) is 13.2 Å². The van der Waals surface area contributed by atoms with E-state index in [1.807, 2.05) is 0 Å². The third-order valence-corrected chi connectivity index (χ3v) is 6.41. The first-order chi connectivity index (χ1) is 9.57. The van der Waals surface area contributed by atoms with Crippen molar-refractivity contribution in [2.45, 2.75) is 38.1 Å². The van der Waals surface area contributed by atoms with Crippen molar-refractivity contribution in [3.05, 3.63) is 28.5 Å². The van der Waals surface area contributed by atoms with Crippen LogP contribution in [0.4, 0.5) is 0 Å². The minimum absolute atomic E-state index is 0.0242. The summed E-state index contributed by atoms with van der Waals surface area (Å²) in [6.07, 6.45) is 1.53. The van der Waals surface area contributed by atoms with Gasteiger partial charge in [0.2, 0.25) is 10.0 Å². The van der Waals surface area contributed by atoms with Crippen molar-refractivity contribution >= 4 is 27.3 Å². The number of aryl methyl sites for hydroxylation is 1. The van der Waals surface area contributed by atoms with Crippen LogP contribution in [-0.4, -0.2) is 37.9 Å². The second-order valence-corrected chi connectivity index (χ2v) is 8.24. The van der Waals surface area contributed by atoms with E-state index in [1.54, 1.807) is 33.1 Å². The zero-order chi connectivity index (χ0) is 16.4. The van der Waals surface area contributed by atoms with E-state index in [2.05, 4.69) is 11.3 Å². The van der Waals surface area contributed by atoms with E-state index in [1.165, 1.54) is 17.5 Å². The van der Waals surface area contributed by atoms with Crippen LogP contribution in [0.5, 0.6) is 0 Å². The van der Waals surface area contributed by atoms with Crippen LogP contribution in [0.2, 0.25) is 0 Å². The van der Waals surface area contributed by atoms with Gasteiger partial charge < -0.3 is 4.74 Å². The van der Waals surface area contributed by atoms with Crippen molar-refractivity contribution in [2.24, 2.45) is 0 Å². The normalized spacial score (nSPS) is 12.5. The summed E-state index contributed by atoms with van der Waals surface area (Å²) in [4.78, 5) is 11.9. The predicted octanol–water partition coefficient (Wildman–Crippen LogP) is 2.82. The average molecular weight is 331 g/mol. The maximum Gasteiger partial charge on any atom is 0.349 e. The van der Waals surface area contributed by atoms with Gasteiger partial charge in [-0.05, 0) is 38.6 Å². The van der Waals surface area contributed by atoms with Crippen LogP contribution < -0.4 is 0 Å². The molecule has 0 saturated heterocycles. The lowest BCUT2D eigenvalue weighted by atomic mass is 10.1. The number of esters is 1. The number of hydrogen-bond donors (Lipinski definition) is 0. The quantitative estimate of drug-likeness (QED) is 0.615. The Hall–Kier alpha value is -1.18. The molecular formula is C14H21NO4S2. The van der Waals surface area contributed by atoms with E-state index in [0.717, 1.165) is 11.3 Å². The van der Waals surface area contributed by atoms with Crippen LogP contribution >= 0.6 is 11.3 Å². The fraction of sp³-hybridized carbons (Fsp3) is 0.500. The zero-order valence-corrected chi connectivity index (χ0v) is 14.6. The highest BCUT2D eigenvalue weighted by molar-refractivity contribution is 7.89. The number of carbonyl (C=O) groups excluding carboxylic acids is 1. The van der Waals surface area contributed by atoms with Gasteiger partial charge in [-0.3, -0.25) is 0 Å². The number of sulfonamides is 1. The number of thiophene rings is 1. The molecule has 0 fully saturated rings. The first kappa shape index (κ1) is 17.9. The molecule has 0 amide bonds. The Labute approximate surface area is 130 Å². The molecule has 1 rings (SSSR count). The minimum atomic E-state index is -3.82. The summed E-state index contributed by atoms with van der Waals surface area (Å²) in [5.41, 5.74) is -0.0897. The Morgan fingerprint density at radius 3 is 2.48 bits per heavy atom. The van der Waals surface area contributed by atoms with E-state index in [-0.39, 0.29) is 16.3 Å². The van der Waals surface area contributed by atoms with Gasteiger partial charge >= 0.3 is 5.97 Å². The minimum Gasteiger partial charge on any atom is -0.465 e. The summed E-state index contributed by atoms with van der Waals surface area (Å²) in [6.45, 7) is 10.8. The summed E-state index contributed by atoms with van der Waals surface area (Å²) in [7, 11) is -2.59. The van der Waals surface area contributed by atoms with Gasteiger partial charge in [0, 0.05) is 12.1 Å². The fourth-order valence-electron chi connectivity index (χ4n) is 1.95. The van der Waals surface area contributed by atoms with Crippen molar-refractivity contribution in [2.75, 3.05) is 13.7 Å². The van der Waals surface area contributed by atoms with Crippen molar-refractivity contribution < 1.29 is 17.9 Å². The highest BCUT2D eigenvalue weighted by Gasteiger charge is 2.37. The first-order valence-corrected chi connectivity index (χ1v) is 8.69. The van der Waals surface area contributed by atoms with Gasteiger partial charge in [0.15, 0.2) is 0 Å². The average Bonchev–Trinajstić information content (AvgIpc) is 2.76. The number of carbonyl (C=O) groups is 1. The van der Waals surface area contributed by atoms with Gasteiger partial charge in [-0.25, -0.2) is 13.2 Å². The van der Waals surface area contributed by atoms with Crippen LogP contribution in [0.3, 0.4) is 0 Å². The van der Waals surface area contributed by atoms with E-state index < -0.39 is 21.5 Å². The molecule has 0 atom stereocenters. The number of nitrogens with zero attached hydrogens (tertiary/aromatic N) is 1. The van der Waals surface area contributed by atoms with E-state index in [0.29, 0.717) is 5.56 Å². The third-order valence-electron chi connectivity index (χ3n) is 2.88. The molecule has 0 unspecified atom stereocenters. The molecule has 1 aromatic rings. The van der Waals surface area contributed by atoms with Crippen LogP contribution in [-0.2, 0) is 14.8 Å². The molecule has 0 bridgehead atoms. The lowest BCUT2D eigenvalue weighted by Gasteiger charge is -2.33. The molecule has 0 aliphatic heterocycles. The van der Waals surface area contributed by atoms with Gasteiger partial charge in [-0.1, -0.05) is 6.08 Å². The number of hydrogen-bond acceptors (Lipinski definition) is 5. The van der Waals surface area contributed by atoms with E-state index in [4.69, 9.17) is 0 Å². The summed E-state index contributed by atoms with van der Waals surface area (Å²) in [5, 5.41) is 1.65. The van der Waals surface area contributed by atoms with Crippen molar-refractivity contribution in [3.8, 4) is 0 Å². The largest absolute Gasteiger partial charge is 0.465 e. The molecule has 0 aromatic carbocycles. The lowest BCUT2D eigenvalue weighted by molar-refractivity contribution is 0.0601. The van der Waals surface area contributed by atoms with E-state index >= 15 is 0 Å². The Morgan fingerprint density at radius 1 is 1.48 bits per heavy atom. The summed E-state index contributed by atoms with van der Waals surface area (Å²) >= 11 is 1.08. The maximum atomic E-state index is 13.0. The summed E-state index contributed by atoms with van der Waals surface area (Å²) < 4.78 is 31.9. The maximum absolute atomic E-state index is 13.0. The number of rotatable bonds is 5. The van der Waals surface area contributed by atoms with Gasteiger partial charge in [0.1, 0.15) is 9.77 Å². The Balaban J connectivity index is 3.53. The lowest BCUT2D eigenvalue weighted by Crippen LogP contribution is -2.45. The summed E-state index contributed by atoms with van der Waals surface area (Å²) in [6, 6.07) is 0. The molecule has 0 radical (unpaired) electrons. The molecular weight excluding hydrogens is 310 g/mol. The highest BCUT2D eigenvalue weighted by Crippen LogP contribution is 2.33. The fourth-order valence-corrected chi connectivity index (χ4v) is 5.37. The van der Waals surface area contributed by atoms with Gasteiger partial charge in [-0.15, -0.1) is 17.9 Å². The Kier molecular flexibility index (Phi) is 5.35. The van der Waals surface area contributed by atoms with Crippen LogP contribution in [0, 0.1) is 6.92 Å². The standard InChI is InChI=1S/C14H21NO4S2/c1-7-8-15(14(3,4)5)21(17,18)12-10(2)9-20-11(12)13(16)19-6/h7,9H,1,8H2,2-6H3. The molecule has 0 N–H and O–H groups in total. The van der Waals surface area contributed by atoms with Gasteiger partial charge in [-0.2, -0.15) is 4.31 Å². The summed E-state index contributed by atoms with van der Waals surface area (Å²) in [5.74, 6) is -0.640. The number of ether oxygens (including phenoxy) is 1. The molecule has 0 spiro atoms. The van der Waals surface area contributed by atoms with Crippen LogP contribution in [0.25, 0.3) is 0 Å². The predicted molar refractivity (Wildman–Crippen MR) is 84.2 cm³/mol. The molecule has 1 heterocycles. The monoisotopic (exact) mass is 331 g/mol. The zero-order valence-electron chi connectivity index (χ0n) is 13.0. The van der Waals surface area contributed by atoms with Crippen molar-refractivity contribution in [1.29, 1.82) is 0 Å². The Morgan fingerprint density at radius 2 is 2.05 bits per heavy atom. The second-order valence-electron chi connectivity index (χ2n) is 5.56. The van der Waals surface area contributed by atoms with Crippen molar-refractivity contribution in [1.82, 2.24) is 4.31 Å². The molecule has 1 aromatic heterocycles. The smallest absolute Gasteiger partial charge is 0.349 e. The third kappa shape index (κ3) is 3.53. The van der Waals surface area contributed by atoms with Crippen LogP contribution in [0.15, 0.2) is 22.9 Å². The number of methoxy groups -OCH3 is 1. The SMILES string of the molecule is C=CCN(C(C)(C)C)S(=O)(=O)c1c(C)csc1C(=O)OC. The first-order valence-electron chi connectivity index (χ1n) is 6.37. The Bertz CT molecular complexity index is 638. The van der Waals surface area contributed by atoms with Crippen molar-refractivity contribution in [3.63, 3.8) is 0 Å². The molecule has 21 heavy (non-hydrogen) atoms.